The minimum atomic E-state index is -3.65. The van der Waals surface area contributed by atoms with Gasteiger partial charge in [-0.2, -0.15) is 0 Å². The molecule has 0 radical (unpaired) electrons. The van der Waals surface area contributed by atoms with Gasteiger partial charge in [0.2, 0.25) is 10.0 Å². The molecule has 2 N–H and O–H groups in total. The zero-order valence-electron chi connectivity index (χ0n) is 16.1. The highest BCUT2D eigenvalue weighted by atomic mass is 35.5. The first-order valence-corrected chi connectivity index (χ1v) is 10.9. The topological polar surface area (TPSA) is 84.5 Å². The summed E-state index contributed by atoms with van der Waals surface area (Å²) >= 11 is 5.76. The second-order valence-corrected chi connectivity index (χ2v) is 8.80. The fourth-order valence-corrected chi connectivity index (χ4v) is 3.68. The Labute approximate surface area is 171 Å². The van der Waals surface area contributed by atoms with Crippen molar-refractivity contribution in [1.82, 2.24) is 10.0 Å². The van der Waals surface area contributed by atoms with Crippen LogP contribution in [0.25, 0.3) is 0 Å². The zero-order chi connectivity index (χ0) is 20.7. The molecule has 0 aliphatic rings. The molecule has 28 heavy (non-hydrogen) atoms. The SMILES string of the molecule is CC(Oc1ccccc1C(C)C)C(=O)NCCNS(=O)(=O)c1ccc(Cl)cc1. The fourth-order valence-electron chi connectivity index (χ4n) is 2.52. The van der Waals surface area contributed by atoms with Crippen LogP contribution >= 0.6 is 11.6 Å². The molecule has 152 valence electrons. The van der Waals surface area contributed by atoms with Gasteiger partial charge in [0, 0.05) is 18.1 Å². The lowest BCUT2D eigenvalue weighted by atomic mass is 10.0. The summed E-state index contributed by atoms with van der Waals surface area (Å²) in [5, 5.41) is 3.13. The van der Waals surface area contributed by atoms with Crippen LogP contribution in [0.5, 0.6) is 5.75 Å². The van der Waals surface area contributed by atoms with E-state index in [4.69, 9.17) is 16.3 Å². The normalized spacial score (nSPS) is 12.6. The largest absolute Gasteiger partial charge is 0.481 e. The number of benzene rings is 2. The molecule has 6 nitrogen and oxygen atoms in total. The van der Waals surface area contributed by atoms with E-state index in [1.165, 1.54) is 24.3 Å². The van der Waals surface area contributed by atoms with Crippen LogP contribution in [0.15, 0.2) is 53.4 Å². The Bertz CT molecular complexity index is 899. The minimum Gasteiger partial charge on any atom is -0.481 e. The van der Waals surface area contributed by atoms with Gasteiger partial charge in [-0.3, -0.25) is 4.79 Å². The summed E-state index contributed by atoms with van der Waals surface area (Å²) in [6.07, 6.45) is -0.701. The number of para-hydroxylation sites is 1. The number of hydrogen-bond acceptors (Lipinski definition) is 4. The number of ether oxygens (including phenoxy) is 1. The van der Waals surface area contributed by atoms with Crippen molar-refractivity contribution >= 4 is 27.5 Å². The van der Waals surface area contributed by atoms with E-state index in [1.54, 1.807) is 6.92 Å². The Morgan fingerprint density at radius 1 is 1.04 bits per heavy atom. The van der Waals surface area contributed by atoms with Crippen molar-refractivity contribution in [3.8, 4) is 5.75 Å². The third-order valence-corrected chi connectivity index (χ3v) is 5.78. The quantitative estimate of drug-likeness (QED) is 0.605. The Balaban J connectivity index is 1.83. The van der Waals surface area contributed by atoms with Crippen LogP contribution in [0.1, 0.15) is 32.3 Å². The maximum absolute atomic E-state index is 12.2. The van der Waals surface area contributed by atoms with E-state index in [9.17, 15) is 13.2 Å². The molecule has 0 saturated heterocycles. The van der Waals surface area contributed by atoms with E-state index in [0.29, 0.717) is 10.8 Å². The van der Waals surface area contributed by atoms with Gasteiger partial charge in [0.1, 0.15) is 5.75 Å². The number of hydrogen-bond donors (Lipinski definition) is 2. The molecular formula is C20H25ClN2O4S. The van der Waals surface area contributed by atoms with Crippen molar-refractivity contribution < 1.29 is 17.9 Å². The van der Waals surface area contributed by atoms with Crippen molar-refractivity contribution in [1.29, 1.82) is 0 Å². The number of sulfonamides is 1. The molecule has 0 fully saturated rings. The predicted molar refractivity (Wildman–Crippen MR) is 110 cm³/mol. The molecule has 8 heteroatoms. The van der Waals surface area contributed by atoms with E-state index in [-0.39, 0.29) is 29.8 Å². The van der Waals surface area contributed by atoms with Gasteiger partial charge in [-0.05, 0) is 48.7 Å². The molecule has 0 spiro atoms. The number of carbonyl (C=O) groups excluding carboxylic acids is 1. The van der Waals surface area contributed by atoms with Crippen LogP contribution in [0.2, 0.25) is 5.02 Å². The Morgan fingerprint density at radius 3 is 2.32 bits per heavy atom. The summed E-state index contributed by atoms with van der Waals surface area (Å²) in [5.41, 5.74) is 1.03. The molecule has 1 amide bonds. The smallest absolute Gasteiger partial charge is 0.260 e. The highest BCUT2D eigenvalue weighted by molar-refractivity contribution is 7.89. The van der Waals surface area contributed by atoms with Crippen LogP contribution in [-0.2, 0) is 14.8 Å². The molecule has 1 atom stereocenters. The van der Waals surface area contributed by atoms with Gasteiger partial charge in [-0.25, -0.2) is 13.1 Å². The summed E-state index contributed by atoms with van der Waals surface area (Å²) in [6, 6.07) is 13.4. The average Bonchev–Trinajstić information content (AvgIpc) is 2.65. The van der Waals surface area contributed by atoms with Crippen LogP contribution in [0.3, 0.4) is 0 Å². The molecule has 2 rings (SSSR count). The van der Waals surface area contributed by atoms with E-state index < -0.39 is 16.1 Å². The first-order chi connectivity index (χ1) is 13.2. The minimum absolute atomic E-state index is 0.0615. The van der Waals surface area contributed by atoms with Crippen LogP contribution in [-0.4, -0.2) is 33.5 Å². The van der Waals surface area contributed by atoms with Crippen LogP contribution in [0.4, 0.5) is 0 Å². The number of halogens is 1. The van der Waals surface area contributed by atoms with E-state index >= 15 is 0 Å². The molecule has 0 aliphatic heterocycles. The molecule has 0 saturated carbocycles. The number of rotatable bonds is 9. The zero-order valence-corrected chi connectivity index (χ0v) is 17.7. The number of nitrogens with one attached hydrogen (secondary N) is 2. The van der Waals surface area contributed by atoms with Gasteiger partial charge in [0.25, 0.3) is 5.91 Å². The Morgan fingerprint density at radius 2 is 1.68 bits per heavy atom. The van der Waals surface area contributed by atoms with E-state index in [0.717, 1.165) is 5.56 Å². The fraction of sp³-hybridized carbons (Fsp3) is 0.350. The maximum atomic E-state index is 12.2. The maximum Gasteiger partial charge on any atom is 0.260 e. The van der Waals surface area contributed by atoms with Gasteiger partial charge in [0.05, 0.1) is 4.90 Å². The lowest BCUT2D eigenvalue weighted by molar-refractivity contribution is -0.127. The third-order valence-electron chi connectivity index (χ3n) is 4.05. The predicted octanol–water partition coefficient (Wildman–Crippen LogP) is 3.33. The highest BCUT2D eigenvalue weighted by Gasteiger charge is 2.18. The first-order valence-electron chi connectivity index (χ1n) is 8.99. The standard InChI is InChI=1S/C20H25ClN2O4S/c1-14(2)18-6-4-5-7-19(18)27-15(3)20(24)22-12-13-23-28(25,26)17-10-8-16(21)9-11-17/h4-11,14-15,23H,12-13H2,1-3H3,(H,22,24). The van der Waals surface area contributed by atoms with Crippen LogP contribution in [0, 0.1) is 0 Å². The van der Waals surface area contributed by atoms with Crippen molar-refractivity contribution in [2.75, 3.05) is 13.1 Å². The van der Waals surface area contributed by atoms with Gasteiger partial charge in [0.15, 0.2) is 6.10 Å². The monoisotopic (exact) mass is 424 g/mol. The van der Waals surface area contributed by atoms with Crippen molar-refractivity contribution in [2.24, 2.45) is 0 Å². The summed E-state index contributed by atoms with van der Waals surface area (Å²) in [7, 11) is -3.65. The lowest BCUT2D eigenvalue weighted by Gasteiger charge is -2.18. The first kappa shape index (κ1) is 22.2. The Kier molecular flexibility index (Phi) is 7.86. The average molecular weight is 425 g/mol. The van der Waals surface area contributed by atoms with Gasteiger partial charge < -0.3 is 10.1 Å². The van der Waals surface area contributed by atoms with Crippen molar-refractivity contribution in [2.45, 2.75) is 37.7 Å². The molecule has 0 aliphatic carbocycles. The van der Waals surface area contributed by atoms with Gasteiger partial charge in [-0.15, -0.1) is 0 Å². The molecule has 2 aromatic carbocycles. The van der Waals surface area contributed by atoms with Gasteiger partial charge >= 0.3 is 0 Å². The second-order valence-electron chi connectivity index (χ2n) is 6.60. The number of amides is 1. The highest BCUT2D eigenvalue weighted by Crippen LogP contribution is 2.26. The van der Waals surface area contributed by atoms with E-state index in [1.807, 2.05) is 24.3 Å². The molecular weight excluding hydrogens is 400 g/mol. The molecule has 0 heterocycles. The van der Waals surface area contributed by atoms with Crippen molar-refractivity contribution in [3.63, 3.8) is 0 Å². The second kappa shape index (κ2) is 9.91. The third kappa shape index (κ3) is 6.22. The summed E-state index contributed by atoms with van der Waals surface area (Å²) < 4.78 is 32.6. The van der Waals surface area contributed by atoms with Gasteiger partial charge in [-0.1, -0.05) is 43.6 Å². The molecule has 0 aromatic heterocycles. The summed E-state index contributed by atoms with van der Waals surface area (Å²) in [4.78, 5) is 12.3. The summed E-state index contributed by atoms with van der Waals surface area (Å²) in [5.74, 6) is 0.626. The summed E-state index contributed by atoms with van der Waals surface area (Å²) in [6.45, 7) is 5.97. The molecule has 0 bridgehead atoms. The Hall–Kier alpha value is -2.09. The molecule has 1 unspecified atom stereocenters. The lowest BCUT2D eigenvalue weighted by Crippen LogP contribution is -2.40. The molecule has 2 aromatic rings. The van der Waals surface area contributed by atoms with Crippen LogP contribution < -0.4 is 14.8 Å². The number of carbonyl (C=O) groups is 1. The van der Waals surface area contributed by atoms with E-state index in [2.05, 4.69) is 23.9 Å². The van der Waals surface area contributed by atoms with Crippen molar-refractivity contribution in [3.05, 3.63) is 59.1 Å².